The second-order valence-electron chi connectivity index (χ2n) is 2.76. The van der Waals surface area contributed by atoms with E-state index in [4.69, 9.17) is 16.3 Å². The van der Waals surface area contributed by atoms with Gasteiger partial charge >= 0.3 is 0 Å². The molecule has 0 radical (unpaired) electrons. The van der Waals surface area contributed by atoms with Gasteiger partial charge in [0.05, 0.1) is 6.61 Å². The third kappa shape index (κ3) is 4.23. The van der Waals surface area contributed by atoms with Gasteiger partial charge in [-0.1, -0.05) is 0 Å². The number of rotatable bonds is 5. The van der Waals surface area contributed by atoms with Gasteiger partial charge in [-0.15, -0.1) is 0 Å². The number of ether oxygens (including phenoxy) is 1. The molecule has 76 valence electrons. The Labute approximate surface area is 86.6 Å². The van der Waals surface area contributed by atoms with Gasteiger partial charge in [-0.3, -0.25) is 4.79 Å². The molecule has 0 spiro atoms. The minimum absolute atomic E-state index is 0.294. The fourth-order valence-electron chi connectivity index (χ4n) is 0.932. The summed E-state index contributed by atoms with van der Waals surface area (Å²) in [5.74, 6) is 0.293. The van der Waals surface area contributed by atoms with Gasteiger partial charge in [-0.25, -0.2) is 4.39 Å². The van der Waals surface area contributed by atoms with Crippen LogP contribution in [-0.4, -0.2) is 11.8 Å². The first-order chi connectivity index (χ1) is 6.68. The van der Waals surface area contributed by atoms with Crippen LogP contribution < -0.4 is 4.74 Å². The molecule has 0 heterocycles. The number of hydrogen-bond acceptors (Lipinski definition) is 2. The summed E-state index contributed by atoms with van der Waals surface area (Å²) in [4.78, 5) is 10.4. The van der Waals surface area contributed by atoms with E-state index < -0.39 is 0 Å². The second-order valence-corrected chi connectivity index (χ2v) is 3.18. The van der Waals surface area contributed by atoms with E-state index in [9.17, 15) is 9.18 Å². The van der Waals surface area contributed by atoms with Gasteiger partial charge in [0.25, 0.3) is 0 Å². The Morgan fingerprint density at radius 2 is 2.00 bits per heavy atom. The van der Waals surface area contributed by atoms with E-state index in [1.165, 1.54) is 24.3 Å². The van der Waals surface area contributed by atoms with Gasteiger partial charge in [0.15, 0.2) is 0 Å². The van der Waals surface area contributed by atoms with Crippen LogP contribution in [0, 0.1) is 5.82 Å². The predicted octanol–water partition coefficient (Wildman–Crippen LogP) is 2.75. The molecule has 0 saturated carbocycles. The maximum Gasteiger partial charge on any atom is 0.221 e. The van der Waals surface area contributed by atoms with Crippen molar-refractivity contribution < 1.29 is 13.9 Å². The molecule has 1 aromatic rings. The smallest absolute Gasteiger partial charge is 0.221 e. The first-order valence-electron chi connectivity index (χ1n) is 4.25. The minimum atomic E-state index is -0.368. The Kier molecular flexibility index (Phi) is 4.40. The van der Waals surface area contributed by atoms with E-state index in [1.54, 1.807) is 0 Å². The molecule has 4 heteroatoms. The van der Waals surface area contributed by atoms with Crippen LogP contribution in [0.2, 0.25) is 0 Å². The molecule has 0 unspecified atom stereocenters. The summed E-state index contributed by atoms with van der Waals surface area (Å²) in [7, 11) is 0. The van der Waals surface area contributed by atoms with E-state index in [-0.39, 0.29) is 11.1 Å². The average Bonchev–Trinajstić information content (AvgIpc) is 2.15. The molecule has 0 aliphatic carbocycles. The number of carbonyl (C=O) groups is 1. The molecule has 0 aliphatic rings. The zero-order valence-corrected chi connectivity index (χ0v) is 8.26. The van der Waals surface area contributed by atoms with Gasteiger partial charge in [0.2, 0.25) is 5.24 Å². The van der Waals surface area contributed by atoms with Crippen molar-refractivity contribution in [3.8, 4) is 5.75 Å². The quantitative estimate of drug-likeness (QED) is 0.559. The molecule has 0 fully saturated rings. The number of benzene rings is 1. The molecule has 1 aromatic carbocycles. The molecule has 0 N–H and O–H groups in total. The Bertz CT molecular complexity index is 297. The van der Waals surface area contributed by atoms with Crippen molar-refractivity contribution in [2.45, 2.75) is 12.8 Å². The Hall–Kier alpha value is -1.09. The van der Waals surface area contributed by atoms with Crippen molar-refractivity contribution in [1.29, 1.82) is 0 Å². The van der Waals surface area contributed by atoms with Crippen LogP contribution in [0.5, 0.6) is 5.75 Å². The van der Waals surface area contributed by atoms with Gasteiger partial charge < -0.3 is 4.74 Å². The zero-order valence-electron chi connectivity index (χ0n) is 7.50. The van der Waals surface area contributed by atoms with Gasteiger partial charge in [0.1, 0.15) is 11.6 Å². The number of halogens is 2. The Morgan fingerprint density at radius 3 is 2.57 bits per heavy atom. The van der Waals surface area contributed by atoms with Gasteiger partial charge in [0, 0.05) is 6.42 Å². The summed E-state index contributed by atoms with van der Waals surface area (Å²) in [6.45, 7) is 0.407. The number of hydrogen-bond donors (Lipinski definition) is 0. The Balaban J connectivity index is 2.25. The highest BCUT2D eigenvalue weighted by molar-refractivity contribution is 6.63. The summed E-state index contributed by atoms with van der Waals surface area (Å²) < 4.78 is 17.7. The van der Waals surface area contributed by atoms with Crippen molar-refractivity contribution in [1.82, 2.24) is 0 Å². The van der Waals surface area contributed by atoms with Crippen LogP contribution in [0.1, 0.15) is 12.8 Å². The SMILES string of the molecule is O=C(Cl)CCCOc1ccc(F)cc1. The topological polar surface area (TPSA) is 26.3 Å². The number of carbonyl (C=O) groups excluding carboxylic acids is 1. The van der Waals surface area contributed by atoms with E-state index in [2.05, 4.69) is 0 Å². The van der Waals surface area contributed by atoms with Crippen molar-refractivity contribution in [3.05, 3.63) is 30.1 Å². The van der Waals surface area contributed by atoms with E-state index >= 15 is 0 Å². The standard InChI is InChI=1S/C10H10ClFO2/c11-10(13)2-1-7-14-9-5-3-8(12)4-6-9/h3-6H,1-2,7H2. The molecule has 2 nitrogen and oxygen atoms in total. The largest absolute Gasteiger partial charge is 0.494 e. The summed E-state index contributed by atoms with van der Waals surface area (Å²) in [6, 6.07) is 5.72. The van der Waals surface area contributed by atoms with E-state index in [1.807, 2.05) is 0 Å². The molecular formula is C10H10ClFO2. The molecule has 1 rings (SSSR count). The molecular weight excluding hydrogens is 207 g/mol. The van der Waals surface area contributed by atoms with Gasteiger partial charge in [-0.2, -0.15) is 0 Å². The molecule has 0 bridgehead atoms. The van der Waals surface area contributed by atoms with Crippen LogP contribution in [0.25, 0.3) is 0 Å². The zero-order chi connectivity index (χ0) is 10.4. The van der Waals surface area contributed by atoms with Crippen LogP contribution in [0.4, 0.5) is 4.39 Å². The summed E-state index contributed by atoms with van der Waals surface area (Å²) in [5, 5.41) is -0.368. The highest BCUT2D eigenvalue weighted by Crippen LogP contribution is 2.11. The highest BCUT2D eigenvalue weighted by atomic mass is 35.5. The third-order valence-corrected chi connectivity index (χ3v) is 1.79. The van der Waals surface area contributed by atoms with Crippen LogP contribution in [0.15, 0.2) is 24.3 Å². The lowest BCUT2D eigenvalue weighted by Crippen LogP contribution is -1.99. The monoisotopic (exact) mass is 216 g/mol. The normalized spacial score (nSPS) is 9.86. The van der Waals surface area contributed by atoms with Crippen LogP contribution >= 0.6 is 11.6 Å². The maximum absolute atomic E-state index is 12.5. The minimum Gasteiger partial charge on any atom is -0.494 e. The lowest BCUT2D eigenvalue weighted by Gasteiger charge is -2.04. The van der Waals surface area contributed by atoms with Gasteiger partial charge in [-0.05, 0) is 42.3 Å². The van der Waals surface area contributed by atoms with Crippen molar-refractivity contribution in [3.63, 3.8) is 0 Å². The fourth-order valence-corrected chi connectivity index (χ4v) is 1.07. The summed E-state index contributed by atoms with van der Waals surface area (Å²) >= 11 is 5.14. The Morgan fingerprint density at radius 1 is 1.36 bits per heavy atom. The first kappa shape index (κ1) is 11.0. The first-order valence-corrected chi connectivity index (χ1v) is 4.63. The average molecular weight is 217 g/mol. The summed E-state index contributed by atoms with van der Waals surface area (Å²) in [6.07, 6.45) is 0.864. The molecule has 0 aromatic heterocycles. The molecule has 0 amide bonds. The molecule has 14 heavy (non-hydrogen) atoms. The molecule has 0 saturated heterocycles. The second kappa shape index (κ2) is 5.60. The van der Waals surface area contributed by atoms with Crippen molar-refractivity contribution >= 4 is 16.8 Å². The lowest BCUT2D eigenvalue weighted by atomic mass is 10.3. The lowest BCUT2D eigenvalue weighted by molar-refractivity contribution is -0.111. The van der Waals surface area contributed by atoms with Crippen LogP contribution in [0.3, 0.4) is 0 Å². The maximum atomic E-state index is 12.5. The van der Waals surface area contributed by atoms with E-state index in [0.29, 0.717) is 25.2 Å². The van der Waals surface area contributed by atoms with E-state index in [0.717, 1.165) is 0 Å². The van der Waals surface area contributed by atoms with Crippen molar-refractivity contribution in [2.75, 3.05) is 6.61 Å². The summed E-state index contributed by atoms with van der Waals surface area (Å²) in [5.41, 5.74) is 0. The molecule has 0 atom stereocenters. The van der Waals surface area contributed by atoms with Crippen LogP contribution in [-0.2, 0) is 4.79 Å². The molecule has 0 aliphatic heterocycles. The van der Waals surface area contributed by atoms with Crippen molar-refractivity contribution in [2.24, 2.45) is 0 Å². The highest BCUT2D eigenvalue weighted by Gasteiger charge is 1.97. The fraction of sp³-hybridized carbons (Fsp3) is 0.300. The predicted molar refractivity (Wildman–Crippen MR) is 52.0 cm³/mol. The third-order valence-electron chi connectivity index (χ3n) is 1.60.